The highest BCUT2D eigenvalue weighted by atomic mass is 32.2. The number of pyridine rings is 1. The summed E-state index contributed by atoms with van der Waals surface area (Å²) in [6.45, 7) is 3.89. The van der Waals surface area contributed by atoms with Crippen molar-refractivity contribution in [2.24, 2.45) is 0 Å². The molecule has 2 aromatic heterocycles. The van der Waals surface area contributed by atoms with Crippen LogP contribution >= 0.6 is 0 Å². The quantitative estimate of drug-likeness (QED) is 0.157. The van der Waals surface area contributed by atoms with Gasteiger partial charge in [0.15, 0.2) is 6.20 Å². The molecule has 0 fully saturated rings. The third-order valence-corrected chi connectivity index (χ3v) is 6.61. The Morgan fingerprint density at radius 1 is 1.09 bits per heavy atom. The number of hydrogen-bond acceptors (Lipinski definition) is 6. The van der Waals surface area contributed by atoms with E-state index in [4.69, 9.17) is 14.1 Å². The number of carbonyl (C=O) groups is 1. The van der Waals surface area contributed by atoms with E-state index in [-0.39, 0.29) is 18.6 Å². The molecule has 3 rings (SSSR count). The van der Waals surface area contributed by atoms with Gasteiger partial charge in [0, 0.05) is 55.2 Å². The molecule has 0 spiro atoms. The average Bonchev–Trinajstić information content (AvgIpc) is 2.80. The number of aromatic nitrogens is 1. The standard InChI is InChI=1S/C25H30N2O7S/c1-2-26(13-6-3-4-10-24(28)29)20-12-11-19-17-21(25(30)34-23(19)18-20)22-9-5-7-14-27(22)15-8-16-35(31,32)33/h5,7,9,11-12,14,17-18H,2-4,6,8,10,13,15-16H2,1H3,(H-,28,29,31,32,33)/p+1. The third-order valence-electron chi connectivity index (χ3n) is 5.80. The van der Waals surface area contributed by atoms with Crippen LogP contribution in [-0.4, -0.2) is 42.9 Å². The van der Waals surface area contributed by atoms with E-state index in [0.29, 0.717) is 29.8 Å². The van der Waals surface area contributed by atoms with Crippen molar-refractivity contribution >= 4 is 32.7 Å². The fourth-order valence-electron chi connectivity index (χ4n) is 4.03. The topological polar surface area (TPSA) is 129 Å². The van der Waals surface area contributed by atoms with Gasteiger partial charge in [-0.15, -0.1) is 0 Å². The predicted molar refractivity (Wildman–Crippen MR) is 133 cm³/mol. The number of carboxylic acids is 1. The van der Waals surface area contributed by atoms with Gasteiger partial charge in [-0.3, -0.25) is 9.35 Å². The van der Waals surface area contributed by atoms with Crippen LogP contribution in [0.2, 0.25) is 0 Å². The Morgan fingerprint density at radius 3 is 2.60 bits per heavy atom. The van der Waals surface area contributed by atoms with Gasteiger partial charge in [0.25, 0.3) is 10.1 Å². The number of fused-ring (bicyclic) bond motifs is 1. The van der Waals surface area contributed by atoms with Crippen LogP contribution in [0.15, 0.2) is 57.9 Å². The summed E-state index contributed by atoms with van der Waals surface area (Å²) in [4.78, 5) is 25.7. The van der Waals surface area contributed by atoms with Gasteiger partial charge >= 0.3 is 11.6 Å². The van der Waals surface area contributed by atoms with E-state index < -0.39 is 21.7 Å². The van der Waals surface area contributed by atoms with Gasteiger partial charge in [0.05, 0.1) is 5.75 Å². The maximum Gasteiger partial charge on any atom is 0.350 e. The van der Waals surface area contributed by atoms with Crippen molar-refractivity contribution in [3.63, 3.8) is 0 Å². The molecule has 35 heavy (non-hydrogen) atoms. The number of rotatable bonds is 13. The molecule has 188 valence electrons. The molecular formula is C25H31N2O7S+. The maximum atomic E-state index is 12.9. The molecule has 2 heterocycles. The zero-order valence-corrected chi connectivity index (χ0v) is 20.5. The van der Waals surface area contributed by atoms with Crippen molar-refractivity contribution in [1.29, 1.82) is 0 Å². The number of hydrogen-bond donors (Lipinski definition) is 2. The molecule has 0 saturated heterocycles. The summed E-state index contributed by atoms with van der Waals surface area (Å²) in [5.41, 5.74) is 1.85. The monoisotopic (exact) mass is 503 g/mol. The summed E-state index contributed by atoms with van der Waals surface area (Å²) in [6.07, 6.45) is 4.48. The SMILES string of the molecule is CCN(CCCCCC(=O)O)c1ccc2cc(-c3cccc[n+]3CCCS(=O)(=O)O)c(=O)oc2c1. The van der Waals surface area contributed by atoms with Crippen LogP contribution in [0.1, 0.15) is 39.0 Å². The van der Waals surface area contributed by atoms with Crippen molar-refractivity contribution in [3.8, 4) is 11.3 Å². The summed E-state index contributed by atoms with van der Waals surface area (Å²) in [5.74, 6) is -1.14. The lowest BCUT2D eigenvalue weighted by Gasteiger charge is -2.23. The van der Waals surface area contributed by atoms with E-state index in [9.17, 15) is 18.0 Å². The average molecular weight is 504 g/mol. The molecular weight excluding hydrogens is 472 g/mol. The lowest BCUT2D eigenvalue weighted by molar-refractivity contribution is -0.686. The minimum Gasteiger partial charge on any atom is -0.481 e. The van der Waals surface area contributed by atoms with Gasteiger partial charge in [-0.05, 0) is 44.0 Å². The van der Waals surface area contributed by atoms with E-state index in [0.717, 1.165) is 37.0 Å². The minimum atomic E-state index is -4.06. The highest BCUT2D eigenvalue weighted by molar-refractivity contribution is 7.85. The Bertz CT molecular complexity index is 1340. The number of aryl methyl sites for hydroxylation is 1. The van der Waals surface area contributed by atoms with Crippen molar-refractivity contribution in [2.45, 2.75) is 45.6 Å². The third kappa shape index (κ3) is 7.63. The summed E-state index contributed by atoms with van der Waals surface area (Å²) < 4.78 is 38.5. The molecule has 0 unspecified atom stereocenters. The molecule has 0 atom stereocenters. The summed E-state index contributed by atoms with van der Waals surface area (Å²) in [6, 6.07) is 12.8. The van der Waals surface area contributed by atoms with Crippen molar-refractivity contribution in [2.75, 3.05) is 23.7 Å². The minimum absolute atomic E-state index is 0.178. The van der Waals surface area contributed by atoms with E-state index in [2.05, 4.69) is 4.90 Å². The van der Waals surface area contributed by atoms with Crippen molar-refractivity contribution in [1.82, 2.24) is 0 Å². The van der Waals surface area contributed by atoms with E-state index in [1.54, 1.807) is 35.0 Å². The molecule has 3 aromatic rings. The zero-order valence-electron chi connectivity index (χ0n) is 19.7. The van der Waals surface area contributed by atoms with Gasteiger partial charge in [-0.25, -0.2) is 4.79 Å². The molecule has 9 nitrogen and oxygen atoms in total. The van der Waals surface area contributed by atoms with Crippen LogP contribution in [0.4, 0.5) is 5.69 Å². The Hall–Kier alpha value is -3.24. The maximum absolute atomic E-state index is 12.9. The van der Waals surface area contributed by atoms with Gasteiger partial charge < -0.3 is 14.4 Å². The lowest BCUT2D eigenvalue weighted by atomic mass is 10.1. The summed E-state index contributed by atoms with van der Waals surface area (Å²) >= 11 is 0. The van der Waals surface area contributed by atoms with E-state index in [1.807, 2.05) is 25.1 Å². The first-order valence-corrected chi connectivity index (χ1v) is 13.3. The molecule has 10 heteroatoms. The number of aliphatic carboxylic acids is 1. The van der Waals surface area contributed by atoms with E-state index in [1.165, 1.54) is 0 Å². The highest BCUT2D eigenvalue weighted by Crippen LogP contribution is 2.24. The number of carboxylic acid groups (broad SMARTS) is 1. The fourth-order valence-corrected chi connectivity index (χ4v) is 4.53. The Labute approximate surface area is 204 Å². The second kappa shape index (κ2) is 11.9. The summed E-state index contributed by atoms with van der Waals surface area (Å²) in [7, 11) is -4.06. The van der Waals surface area contributed by atoms with Crippen LogP contribution in [0, 0.1) is 0 Å². The predicted octanol–water partition coefficient (Wildman–Crippen LogP) is 3.50. The van der Waals surface area contributed by atoms with Gasteiger partial charge in [0.1, 0.15) is 17.7 Å². The van der Waals surface area contributed by atoms with Crippen molar-refractivity contribution in [3.05, 3.63) is 59.1 Å². The normalized spacial score (nSPS) is 11.6. The molecule has 0 radical (unpaired) electrons. The number of nitrogens with zero attached hydrogens (tertiary/aromatic N) is 2. The molecule has 0 aliphatic carbocycles. The van der Waals surface area contributed by atoms with Crippen molar-refractivity contribution < 1.29 is 31.9 Å². The Morgan fingerprint density at radius 2 is 1.89 bits per heavy atom. The van der Waals surface area contributed by atoms with Crippen LogP contribution in [0.5, 0.6) is 0 Å². The zero-order chi connectivity index (χ0) is 25.4. The van der Waals surface area contributed by atoms with E-state index >= 15 is 0 Å². The van der Waals surface area contributed by atoms with Crippen LogP contribution in [-0.2, 0) is 21.5 Å². The molecule has 0 aliphatic rings. The summed E-state index contributed by atoms with van der Waals surface area (Å²) in [5, 5.41) is 9.52. The lowest BCUT2D eigenvalue weighted by Crippen LogP contribution is -2.37. The molecule has 0 bridgehead atoms. The first kappa shape index (κ1) is 26.4. The Kier molecular flexibility index (Phi) is 9.00. The van der Waals surface area contributed by atoms with Crippen LogP contribution in [0.3, 0.4) is 0 Å². The first-order valence-electron chi connectivity index (χ1n) is 11.7. The number of anilines is 1. The fraction of sp³-hybridized carbons (Fsp3) is 0.400. The van der Waals surface area contributed by atoms with Gasteiger partial charge in [-0.2, -0.15) is 13.0 Å². The smallest absolute Gasteiger partial charge is 0.350 e. The Balaban J connectivity index is 1.81. The number of benzene rings is 1. The first-order chi connectivity index (χ1) is 16.7. The molecule has 0 aliphatic heterocycles. The van der Waals surface area contributed by atoms with Gasteiger partial charge in [0.2, 0.25) is 5.69 Å². The molecule has 0 saturated carbocycles. The second-order valence-corrected chi connectivity index (χ2v) is 9.94. The number of unbranched alkanes of at least 4 members (excludes halogenated alkanes) is 2. The van der Waals surface area contributed by atoms with Crippen LogP contribution < -0.4 is 15.1 Å². The highest BCUT2D eigenvalue weighted by Gasteiger charge is 2.19. The largest absolute Gasteiger partial charge is 0.481 e. The molecule has 0 amide bonds. The van der Waals surface area contributed by atoms with Crippen LogP contribution in [0.25, 0.3) is 22.2 Å². The van der Waals surface area contributed by atoms with Gasteiger partial charge in [-0.1, -0.05) is 6.42 Å². The molecule has 1 aromatic carbocycles. The molecule has 2 N–H and O–H groups in total. The second-order valence-electron chi connectivity index (χ2n) is 8.37.